The summed E-state index contributed by atoms with van der Waals surface area (Å²) >= 11 is 1.72. The monoisotopic (exact) mass is 251 g/mol. The molecule has 0 aromatic carbocycles. The Labute approximate surface area is 107 Å². The summed E-state index contributed by atoms with van der Waals surface area (Å²) in [4.78, 5) is 5.70. The van der Waals surface area contributed by atoms with Crippen LogP contribution in [0.15, 0.2) is 5.38 Å². The molecule has 0 bridgehead atoms. The van der Waals surface area contributed by atoms with Gasteiger partial charge in [-0.1, -0.05) is 13.8 Å². The van der Waals surface area contributed by atoms with Crippen molar-refractivity contribution in [3.63, 3.8) is 0 Å². The molecule has 0 aliphatic rings. The van der Waals surface area contributed by atoms with Gasteiger partial charge in [0.1, 0.15) is 0 Å². The first kappa shape index (κ1) is 12.6. The van der Waals surface area contributed by atoms with Gasteiger partial charge < -0.3 is 5.32 Å². The van der Waals surface area contributed by atoms with Crippen LogP contribution in [0.4, 0.5) is 0 Å². The zero-order valence-corrected chi connectivity index (χ0v) is 11.9. The molecule has 0 saturated heterocycles. The number of aryl methyl sites for hydroxylation is 2. The van der Waals surface area contributed by atoms with Crippen LogP contribution in [0.25, 0.3) is 4.96 Å². The van der Waals surface area contributed by atoms with Gasteiger partial charge in [0.15, 0.2) is 4.96 Å². The van der Waals surface area contributed by atoms with Crippen molar-refractivity contribution in [3.05, 3.63) is 22.5 Å². The van der Waals surface area contributed by atoms with Gasteiger partial charge in [0.05, 0.1) is 11.4 Å². The molecule has 2 heterocycles. The van der Waals surface area contributed by atoms with E-state index >= 15 is 0 Å². The predicted octanol–water partition coefficient (Wildman–Crippen LogP) is 3.15. The standard InChI is InChI=1S/C13H21N3S/c1-9(2)5-6-14-7-12-11(4)15-13-16(12)10(3)8-17-13/h8-9,14H,5-7H2,1-4H3. The Bertz CT molecular complexity index is 496. The van der Waals surface area contributed by atoms with Crippen LogP contribution in [0, 0.1) is 19.8 Å². The second-order valence-corrected chi connectivity index (χ2v) is 5.83. The summed E-state index contributed by atoms with van der Waals surface area (Å²) in [6.45, 7) is 10.7. The molecule has 0 radical (unpaired) electrons. The van der Waals surface area contributed by atoms with Crippen molar-refractivity contribution in [3.8, 4) is 0 Å². The lowest BCUT2D eigenvalue weighted by atomic mass is 10.1. The van der Waals surface area contributed by atoms with Gasteiger partial charge in [-0.3, -0.25) is 4.40 Å². The van der Waals surface area contributed by atoms with Crippen LogP contribution < -0.4 is 5.32 Å². The first-order chi connectivity index (χ1) is 8.09. The fraction of sp³-hybridized carbons (Fsp3) is 0.615. The predicted molar refractivity (Wildman–Crippen MR) is 73.7 cm³/mol. The molecule has 0 saturated carbocycles. The van der Waals surface area contributed by atoms with Gasteiger partial charge in [-0.25, -0.2) is 4.98 Å². The first-order valence-corrected chi connectivity index (χ1v) is 7.10. The zero-order valence-electron chi connectivity index (χ0n) is 11.1. The van der Waals surface area contributed by atoms with Gasteiger partial charge in [0.2, 0.25) is 0 Å². The maximum atomic E-state index is 4.59. The quantitative estimate of drug-likeness (QED) is 0.827. The molecule has 0 aliphatic carbocycles. The zero-order chi connectivity index (χ0) is 12.4. The van der Waals surface area contributed by atoms with E-state index in [1.54, 1.807) is 11.3 Å². The Balaban J connectivity index is 2.07. The minimum absolute atomic E-state index is 0.761. The van der Waals surface area contributed by atoms with E-state index in [4.69, 9.17) is 0 Å². The molecule has 0 fully saturated rings. The van der Waals surface area contributed by atoms with E-state index in [-0.39, 0.29) is 0 Å². The number of thiazole rings is 1. The van der Waals surface area contributed by atoms with Crippen LogP contribution in [0.5, 0.6) is 0 Å². The van der Waals surface area contributed by atoms with Gasteiger partial charge in [-0.15, -0.1) is 11.3 Å². The highest BCUT2D eigenvalue weighted by atomic mass is 32.1. The average Bonchev–Trinajstić information content (AvgIpc) is 2.75. The molecular weight excluding hydrogens is 230 g/mol. The Morgan fingerprint density at radius 3 is 2.88 bits per heavy atom. The van der Waals surface area contributed by atoms with Crippen molar-refractivity contribution in [1.82, 2.24) is 14.7 Å². The number of rotatable bonds is 5. The lowest BCUT2D eigenvalue weighted by Crippen LogP contribution is -2.18. The second kappa shape index (κ2) is 5.19. The summed E-state index contributed by atoms with van der Waals surface area (Å²) in [5, 5.41) is 5.68. The van der Waals surface area contributed by atoms with Gasteiger partial charge in [0.25, 0.3) is 0 Å². The molecule has 94 valence electrons. The molecule has 0 amide bonds. The number of nitrogens with one attached hydrogen (secondary N) is 1. The van der Waals surface area contributed by atoms with Crippen molar-refractivity contribution in [2.45, 2.75) is 40.7 Å². The van der Waals surface area contributed by atoms with Crippen molar-refractivity contribution in [1.29, 1.82) is 0 Å². The SMILES string of the molecule is Cc1nc2scc(C)n2c1CNCCC(C)C. The van der Waals surface area contributed by atoms with Crippen molar-refractivity contribution in [2.24, 2.45) is 5.92 Å². The van der Waals surface area contributed by atoms with Crippen molar-refractivity contribution >= 4 is 16.3 Å². The number of imidazole rings is 1. The van der Waals surface area contributed by atoms with Crippen LogP contribution >= 0.6 is 11.3 Å². The topological polar surface area (TPSA) is 29.3 Å². The maximum Gasteiger partial charge on any atom is 0.194 e. The Kier molecular flexibility index (Phi) is 3.84. The Morgan fingerprint density at radius 1 is 1.41 bits per heavy atom. The summed E-state index contributed by atoms with van der Waals surface area (Å²) in [7, 11) is 0. The van der Waals surface area contributed by atoms with E-state index in [1.165, 1.54) is 17.8 Å². The number of aromatic nitrogens is 2. The fourth-order valence-corrected chi connectivity index (χ4v) is 2.90. The second-order valence-electron chi connectivity index (χ2n) is 5.00. The third-order valence-corrected chi connectivity index (χ3v) is 3.96. The highest BCUT2D eigenvalue weighted by molar-refractivity contribution is 7.15. The lowest BCUT2D eigenvalue weighted by Gasteiger charge is -2.07. The lowest BCUT2D eigenvalue weighted by molar-refractivity contribution is 0.533. The van der Waals surface area contributed by atoms with Crippen LogP contribution in [-0.2, 0) is 6.54 Å². The molecule has 0 spiro atoms. The summed E-state index contributed by atoms with van der Waals surface area (Å²) < 4.78 is 2.27. The molecular formula is C13H21N3S. The van der Waals surface area contributed by atoms with Crippen LogP contribution in [-0.4, -0.2) is 15.9 Å². The first-order valence-electron chi connectivity index (χ1n) is 6.22. The normalized spacial score (nSPS) is 11.8. The molecule has 2 rings (SSSR count). The molecule has 1 N–H and O–H groups in total. The Morgan fingerprint density at radius 2 is 2.18 bits per heavy atom. The van der Waals surface area contributed by atoms with Gasteiger partial charge in [0, 0.05) is 17.6 Å². The molecule has 2 aromatic heterocycles. The van der Waals surface area contributed by atoms with Crippen molar-refractivity contribution in [2.75, 3.05) is 6.54 Å². The molecule has 0 atom stereocenters. The number of fused-ring (bicyclic) bond motifs is 1. The highest BCUT2D eigenvalue weighted by Gasteiger charge is 2.11. The van der Waals surface area contributed by atoms with E-state index < -0.39 is 0 Å². The fourth-order valence-electron chi connectivity index (χ4n) is 1.97. The minimum Gasteiger partial charge on any atom is -0.311 e. The average molecular weight is 251 g/mol. The van der Waals surface area contributed by atoms with E-state index in [2.05, 4.69) is 47.8 Å². The van der Waals surface area contributed by atoms with Gasteiger partial charge in [-0.2, -0.15) is 0 Å². The van der Waals surface area contributed by atoms with E-state index in [1.807, 2.05) is 0 Å². The van der Waals surface area contributed by atoms with Gasteiger partial charge >= 0.3 is 0 Å². The highest BCUT2D eigenvalue weighted by Crippen LogP contribution is 2.20. The molecule has 17 heavy (non-hydrogen) atoms. The van der Waals surface area contributed by atoms with E-state index in [0.29, 0.717) is 0 Å². The largest absolute Gasteiger partial charge is 0.311 e. The summed E-state index contributed by atoms with van der Waals surface area (Å²) in [5.41, 5.74) is 3.74. The summed E-state index contributed by atoms with van der Waals surface area (Å²) in [5.74, 6) is 0.761. The van der Waals surface area contributed by atoms with Crippen molar-refractivity contribution < 1.29 is 0 Å². The third kappa shape index (κ3) is 2.69. The summed E-state index contributed by atoms with van der Waals surface area (Å²) in [6, 6.07) is 0. The minimum atomic E-state index is 0.761. The molecule has 0 aliphatic heterocycles. The van der Waals surface area contributed by atoms with E-state index in [0.717, 1.165) is 29.7 Å². The third-order valence-electron chi connectivity index (χ3n) is 3.02. The summed E-state index contributed by atoms with van der Waals surface area (Å²) in [6.07, 6.45) is 1.23. The molecule has 0 unspecified atom stereocenters. The molecule has 2 aromatic rings. The Hall–Kier alpha value is -0.870. The van der Waals surface area contributed by atoms with Gasteiger partial charge in [-0.05, 0) is 32.7 Å². The van der Waals surface area contributed by atoms with E-state index in [9.17, 15) is 0 Å². The molecule has 4 heteroatoms. The number of nitrogens with zero attached hydrogens (tertiary/aromatic N) is 2. The van der Waals surface area contributed by atoms with Crippen LogP contribution in [0.3, 0.4) is 0 Å². The van der Waals surface area contributed by atoms with Crippen LogP contribution in [0.2, 0.25) is 0 Å². The number of hydrogen-bond acceptors (Lipinski definition) is 3. The smallest absolute Gasteiger partial charge is 0.194 e. The maximum absolute atomic E-state index is 4.59. The number of hydrogen-bond donors (Lipinski definition) is 1. The van der Waals surface area contributed by atoms with Crippen LogP contribution in [0.1, 0.15) is 37.4 Å². The molecule has 3 nitrogen and oxygen atoms in total.